The largest absolute Gasteiger partial charge is 0.371 e. The third-order valence-corrected chi connectivity index (χ3v) is 7.40. The first-order valence-corrected chi connectivity index (χ1v) is 12.3. The molecular weight excluding hydrogens is 465 g/mol. The lowest BCUT2D eigenvalue weighted by Gasteiger charge is -2.18. The molecule has 0 aromatic heterocycles. The topological polar surface area (TPSA) is 78.5 Å². The summed E-state index contributed by atoms with van der Waals surface area (Å²) in [6.07, 6.45) is 0.955. The molecule has 3 aromatic carbocycles. The quantitative estimate of drug-likeness (QED) is 0.513. The van der Waals surface area contributed by atoms with Crippen molar-refractivity contribution in [3.8, 4) is 0 Å². The molecule has 1 saturated heterocycles. The van der Waals surface area contributed by atoms with Gasteiger partial charge in [-0.25, -0.2) is 12.8 Å². The second kappa shape index (κ2) is 9.80. The molecule has 0 spiro atoms. The van der Waals surface area contributed by atoms with Gasteiger partial charge in [-0.15, -0.1) is 0 Å². The van der Waals surface area contributed by atoms with E-state index in [9.17, 15) is 17.6 Å². The average Bonchev–Trinajstić information content (AvgIpc) is 3.29. The highest BCUT2D eigenvalue weighted by Gasteiger charge is 2.24. The average molecular weight is 488 g/mol. The minimum Gasteiger partial charge on any atom is -0.371 e. The Morgan fingerprint density at radius 3 is 2.52 bits per heavy atom. The first-order chi connectivity index (χ1) is 15.8. The number of nitrogens with one attached hydrogen (secondary N) is 2. The van der Waals surface area contributed by atoms with Crippen LogP contribution >= 0.6 is 11.6 Å². The van der Waals surface area contributed by atoms with Crippen LogP contribution in [0, 0.1) is 11.7 Å². The molecule has 2 N–H and O–H groups in total. The number of nitrogens with zero attached hydrogens (tertiary/aromatic N) is 1. The van der Waals surface area contributed by atoms with E-state index in [-0.39, 0.29) is 27.1 Å². The van der Waals surface area contributed by atoms with Gasteiger partial charge < -0.3 is 10.2 Å². The van der Waals surface area contributed by atoms with E-state index in [0.29, 0.717) is 12.5 Å². The van der Waals surface area contributed by atoms with E-state index in [1.165, 1.54) is 30.3 Å². The van der Waals surface area contributed by atoms with Gasteiger partial charge in [0.2, 0.25) is 0 Å². The maximum atomic E-state index is 13.1. The third-order valence-electron chi connectivity index (χ3n) is 5.54. The number of anilines is 2. The number of rotatable bonds is 7. The van der Waals surface area contributed by atoms with Crippen molar-refractivity contribution < 1.29 is 17.6 Å². The molecule has 1 atom stereocenters. The van der Waals surface area contributed by atoms with Crippen LogP contribution in [0.3, 0.4) is 0 Å². The van der Waals surface area contributed by atoms with Crippen molar-refractivity contribution in [3.63, 3.8) is 0 Å². The molecule has 1 unspecified atom stereocenters. The maximum absolute atomic E-state index is 13.1. The van der Waals surface area contributed by atoms with E-state index in [1.54, 1.807) is 0 Å². The molecule has 172 valence electrons. The van der Waals surface area contributed by atoms with Gasteiger partial charge in [0.1, 0.15) is 10.7 Å². The molecule has 6 nitrogen and oxygen atoms in total. The molecule has 1 fully saturated rings. The summed E-state index contributed by atoms with van der Waals surface area (Å²) in [4.78, 5) is 14.8. The van der Waals surface area contributed by atoms with Crippen LogP contribution in [-0.4, -0.2) is 34.0 Å². The summed E-state index contributed by atoms with van der Waals surface area (Å²) < 4.78 is 41.0. The van der Waals surface area contributed by atoms with E-state index >= 15 is 0 Å². The summed E-state index contributed by atoms with van der Waals surface area (Å²) in [5.74, 6) is -0.559. The number of carbonyl (C=O) groups excluding carboxylic acids is 1. The van der Waals surface area contributed by atoms with Gasteiger partial charge in [0.15, 0.2) is 0 Å². The van der Waals surface area contributed by atoms with Crippen molar-refractivity contribution in [2.75, 3.05) is 29.3 Å². The highest BCUT2D eigenvalue weighted by Crippen LogP contribution is 2.26. The predicted octanol–water partition coefficient (Wildman–Crippen LogP) is 4.54. The summed E-state index contributed by atoms with van der Waals surface area (Å²) in [6.45, 7) is 2.25. The van der Waals surface area contributed by atoms with Crippen molar-refractivity contribution in [3.05, 3.63) is 89.2 Å². The van der Waals surface area contributed by atoms with Gasteiger partial charge in [-0.1, -0.05) is 29.8 Å². The maximum Gasteiger partial charge on any atom is 0.263 e. The van der Waals surface area contributed by atoms with Crippen LogP contribution in [-0.2, 0) is 10.0 Å². The number of halogens is 2. The number of sulfonamides is 1. The smallest absolute Gasteiger partial charge is 0.263 e. The Labute approximate surface area is 197 Å². The van der Waals surface area contributed by atoms with Crippen LogP contribution in [0.15, 0.2) is 77.7 Å². The van der Waals surface area contributed by atoms with Crippen LogP contribution in [0.5, 0.6) is 0 Å². The first kappa shape index (κ1) is 23.1. The molecule has 0 aliphatic carbocycles. The number of amides is 1. The lowest BCUT2D eigenvalue weighted by atomic mass is 10.1. The highest BCUT2D eigenvalue weighted by molar-refractivity contribution is 7.92. The number of carbonyl (C=O) groups is 1. The van der Waals surface area contributed by atoms with E-state index in [4.69, 9.17) is 11.6 Å². The SMILES string of the molecule is O=C(NCC1CCN(c2ccccc2)C1)c1ccc(Cl)c(S(=O)(=O)Nc2ccc(F)cc2)c1. The Bertz CT molecular complexity index is 1240. The van der Waals surface area contributed by atoms with Crippen LogP contribution in [0.1, 0.15) is 16.8 Å². The van der Waals surface area contributed by atoms with E-state index in [1.807, 2.05) is 18.2 Å². The van der Waals surface area contributed by atoms with Gasteiger partial charge in [0.05, 0.1) is 5.02 Å². The van der Waals surface area contributed by atoms with E-state index in [0.717, 1.165) is 37.3 Å². The molecule has 0 saturated carbocycles. The van der Waals surface area contributed by atoms with E-state index < -0.39 is 15.8 Å². The molecule has 3 aromatic rings. The van der Waals surface area contributed by atoms with Crippen LogP contribution < -0.4 is 14.9 Å². The second-order valence-corrected chi connectivity index (χ2v) is 9.96. The number of para-hydroxylation sites is 1. The van der Waals surface area contributed by atoms with Crippen LogP contribution in [0.2, 0.25) is 5.02 Å². The molecule has 1 aliphatic heterocycles. The van der Waals surface area contributed by atoms with Gasteiger partial charge >= 0.3 is 0 Å². The molecule has 1 amide bonds. The number of benzene rings is 3. The third kappa shape index (κ3) is 5.64. The molecule has 9 heteroatoms. The Morgan fingerprint density at radius 2 is 1.79 bits per heavy atom. The fraction of sp³-hybridized carbons (Fsp3) is 0.208. The van der Waals surface area contributed by atoms with Gasteiger partial charge in [-0.05, 0) is 66.9 Å². The zero-order valence-corrected chi connectivity index (χ0v) is 19.2. The zero-order valence-electron chi connectivity index (χ0n) is 17.7. The minimum absolute atomic E-state index is 0.0181. The summed E-state index contributed by atoms with van der Waals surface area (Å²) in [7, 11) is -4.07. The van der Waals surface area contributed by atoms with Crippen molar-refractivity contribution in [2.24, 2.45) is 5.92 Å². The van der Waals surface area contributed by atoms with Crippen molar-refractivity contribution in [2.45, 2.75) is 11.3 Å². The molecule has 4 rings (SSSR count). The van der Waals surface area contributed by atoms with Gasteiger partial charge in [-0.3, -0.25) is 9.52 Å². The molecule has 0 radical (unpaired) electrons. The van der Waals surface area contributed by atoms with Gasteiger partial charge in [0.25, 0.3) is 15.9 Å². The van der Waals surface area contributed by atoms with Crippen molar-refractivity contribution in [1.29, 1.82) is 0 Å². The lowest BCUT2D eigenvalue weighted by Crippen LogP contribution is -2.31. The first-order valence-electron chi connectivity index (χ1n) is 10.5. The number of hydrogen-bond donors (Lipinski definition) is 2. The van der Waals surface area contributed by atoms with Crippen molar-refractivity contribution in [1.82, 2.24) is 5.32 Å². The minimum atomic E-state index is -4.07. The Balaban J connectivity index is 1.40. The predicted molar refractivity (Wildman–Crippen MR) is 128 cm³/mol. The Morgan fingerprint density at radius 1 is 1.06 bits per heavy atom. The fourth-order valence-electron chi connectivity index (χ4n) is 3.79. The fourth-order valence-corrected chi connectivity index (χ4v) is 5.38. The molecular formula is C24H23ClFN3O3S. The standard InChI is InChI=1S/C24H23ClFN3O3S/c25-22-11-6-18(14-23(22)33(31,32)28-20-9-7-19(26)8-10-20)24(30)27-15-17-12-13-29(16-17)21-4-2-1-3-5-21/h1-11,14,17,28H,12-13,15-16H2,(H,27,30). The van der Waals surface area contributed by atoms with Gasteiger partial charge in [0, 0.05) is 36.6 Å². The zero-order chi connectivity index (χ0) is 23.4. The normalized spacial score (nSPS) is 15.9. The summed E-state index contributed by atoms with van der Waals surface area (Å²) in [6, 6.07) is 19.1. The monoisotopic (exact) mass is 487 g/mol. The van der Waals surface area contributed by atoms with E-state index in [2.05, 4.69) is 27.1 Å². The molecule has 1 heterocycles. The second-order valence-electron chi connectivity index (χ2n) is 7.90. The molecule has 33 heavy (non-hydrogen) atoms. The summed E-state index contributed by atoms with van der Waals surface area (Å²) in [5, 5.41) is 2.88. The van der Waals surface area contributed by atoms with Crippen LogP contribution in [0.4, 0.5) is 15.8 Å². The summed E-state index contributed by atoms with van der Waals surface area (Å²) >= 11 is 6.12. The van der Waals surface area contributed by atoms with Crippen molar-refractivity contribution >= 4 is 38.9 Å². The number of hydrogen-bond acceptors (Lipinski definition) is 4. The highest BCUT2D eigenvalue weighted by atomic mass is 35.5. The van der Waals surface area contributed by atoms with Gasteiger partial charge in [-0.2, -0.15) is 0 Å². The summed E-state index contributed by atoms with van der Waals surface area (Å²) in [5.41, 5.74) is 1.54. The molecule has 0 bridgehead atoms. The molecule has 1 aliphatic rings. The lowest BCUT2D eigenvalue weighted by molar-refractivity contribution is 0.0948. The van der Waals surface area contributed by atoms with Crippen LogP contribution in [0.25, 0.3) is 0 Å². The Kier molecular flexibility index (Phi) is 6.85. The Hall–Kier alpha value is -3.10.